The van der Waals surface area contributed by atoms with Gasteiger partial charge in [-0.2, -0.15) is 0 Å². The van der Waals surface area contributed by atoms with Crippen LogP contribution >= 0.6 is 27.5 Å². The van der Waals surface area contributed by atoms with Gasteiger partial charge in [0.15, 0.2) is 0 Å². The molecule has 1 aromatic heterocycles. The van der Waals surface area contributed by atoms with Gasteiger partial charge in [-0.05, 0) is 56.2 Å². The van der Waals surface area contributed by atoms with E-state index in [0.717, 1.165) is 27.6 Å². The van der Waals surface area contributed by atoms with Crippen molar-refractivity contribution < 1.29 is 0 Å². The van der Waals surface area contributed by atoms with Crippen LogP contribution in [0.25, 0.3) is 11.0 Å². The van der Waals surface area contributed by atoms with E-state index in [1.807, 2.05) is 6.92 Å². The summed E-state index contributed by atoms with van der Waals surface area (Å²) in [5.74, 6) is 2.55. The molecule has 1 heterocycles. The second-order valence-electron chi connectivity index (χ2n) is 6.66. The lowest BCUT2D eigenvalue weighted by atomic mass is 9.80. The molecular weight excluding hydrogens is 348 g/mol. The normalized spacial score (nSPS) is 28.0. The van der Waals surface area contributed by atoms with E-state index >= 15 is 0 Å². The number of rotatable bonds is 2. The molecule has 0 saturated heterocycles. The van der Waals surface area contributed by atoms with Crippen LogP contribution in [0, 0.1) is 11.8 Å². The van der Waals surface area contributed by atoms with Crippen LogP contribution in [-0.2, 0) is 0 Å². The molecule has 1 saturated carbocycles. The summed E-state index contributed by atoms with van der Waals surface area (Å²) >= 11 is 9.95. The molecule has 3 rings (SSSR count). The maximum Gasteiger partial charge on any atom is 0.127 e. The summed E-state index contributed by atoms with van der Waals surface area (Å²) in [5, 5.41) is -0.0660. The van der Waals surface area contributed by atoms with Crippen molar-refractivity contribution in [3.8, 4) is 0 Å². The minimum absolute atomic E-state index is 0.0660. The zero-order chi connectivity index (χ0) is 15.1. The average molecular weight is 370 g/mol. The number of benzene rings is 1. The molecule has 1 aromatic carbocycles. The Labute approximate surface area is 140 Å². The first-order valence-electron chi connectivity index (χ1n) is 7.77. The zero-order valence-electron chi connectivity index (χ0n) is 12.8. The van der Waals surface area contributed by atoms with Gasteiger partial charge >= 0.3 is 0 Å². The van der Waals surface area contributed by atoms with E-state index in [-0.39, 0.29) is 5.38 Å². The van der Waals surface area contributed by atoms with Gasteiger partial charge in [0.2, 0.25) is 0 Å². The largest absolute Gasteiger partial charge is 0.324 e. The maximum absolute atomic E-state index is 6.42. The minimum Gasteiger partial charge on any atom is -0.324 e. The van der Waals surface area contributed by atoms with Gasteiger partial charge in [-0.25, -0.2) is 4.98 Å². The highest BCUT2D eigenvalue weighted by atomic mass is 79.9. The summed E-state index contributed by atoms with van der Waals surface area (Å²) in [7, 11) is 0. The quantitative estimate of drug-likeness (QED) is 0.585. The van der Waals surface area contributed by atoms with Crippen molar-refractivity contribution in [2.75, 3.05) is 0 Å². The minimum atomic E-state index is -0.0660. The standard InChI is InChI=1S/C17H22BrClN2/c1-10-6-11(2)8-14(7-10)21-16-5-4-13(18)9-15(16)20-17(21)12(3)19/h4-5,9-12,14H,6-8H2,1-3H3. The molecule has 0 bridgehead atoms. The Bertz CT molecular complexity index is 640. The number of alkyl halides is 1. The Hall–Kier alpha value is -0.540. The van der Waals surface area contributed by atoms with Crippen LogP contribution in [0.4, 0.5) is 0 Å². The number of halogens is 2. The lowest BCUT2D eigenvalue weighted by Gasteiger charge is -2.33. The Morgan fingerprint density at radius 1 is 1.24 bits per heavy atom. The van der Waals surface area contributed by atoms with Crippen molar-refractivity contribution in [3.05, 3.63) is 28.5 Å². The third-order valence-corrected chi connectivity index (χ3v) is 5.24. The van der Waals surface area contributed by atoms with Crippen molar-refractivity contribution in [1.82, 2.24) is 9.55 Å². The van der Waals surface area contributed by atoms with E-state index in [1.54, 1.807) is 0 Å². The number of hydrogen-bond donors (Lipinski definition) is 0. The van der Waals surface area contributed by atoms with Gasteiger partial charge in [-0.1, -0.05) is 29.8 Å². The molecule has 3 atom stereocenters. The van der Waals surface area contributed by atoms with Crippen LogP contribution in [0.1, 0.15) is 57.3 Å². The molecule has 114 valence electrons. The van der Waals surface area contributed by atoms with E-state index in [9.17, 15) is 0 Å². The first-order valence-corrected chi connectivity index (χ1v) is 9.00. The molecule has 2 nitrogen and oxygen atoms in total. The fourth-order valence-electron chi connectivity index (χ4n) is 3.87. The molecule has 1 aliphatic rings. The SMILES string of the molecule is CC1CC(C)CC(n2c(C(C)Cl)nc3cc(Br)ccc32)C1. The summed E-state index contributed by atoms with van der Waals surface area (Å²) in [5.41, 5.74) is 2.25. The third-order valence-electron chi connectivity index (χ3n) is 4.55. The molecule has 2 aromatic rings. The average Bonchev–Trinajstić information content (AvgIpc) is 2.76. The number of nitrogens with zero attached hydrogens (tertiary/aromatic N) is 2. The lowest BCUT2D eigenvalue weighted by Crippen LogP contribution is -2.24. The Kier molecular flexibility index (Phi) is 4.33. The Balaban J connectivity index is 2.13. The second kappa shape index (κ2) is 5.92. The van der Waals surface area contributed by atoms with Crippen molar-refractivity contribution in [1.29, 1.82) is 0 Å². The molecule has 3 unspecified atom stereocenters. The zero-order valence-corrected chi connectivity index (χ0v) is 15.2. The topological polar surface area (TPSA) is 17.8 Å². The van der Waals surface area contributed by atoms with Crippen LogP contribution in [0.5, 0.6) is 0 Å². The fraction of sp³-hybridized carbons (Fsp3) is 0.588. The maximum atomic E-state index is 6.42. The molecular formula is C17H22BrClN2. The molecule has 21 heavy (non-hydrogen) atoms. The predicted octanol–water partition coefficient (Wildman–Crippen LogP) is 6.10. The van der Waals surface area contributed by atoms with E-state index in [1.165, 1.54) is 24.8 Å². The van der Waals surface area contributed by atoms with Crippen molar-refractivity contribution in [3.63, 3.8) is 0 Å². The Morgan fingerprint density at radius 2 is 1.90 bits per heavy atom. The fourth-order valence-corrected chi connectivity index (χ4v) is 4.37. The smallest absolute Gasteiger partial charge is 0.127 e. The summed E-state index contributed by atoms with van der Waals surface area (Å²) in [6.45, 7) is 6.74. The van der Waals surface area contributed by atoms with Gasteiger partial charge in [0.1, 0.15) is 5.82 Å². The summed E-state index contributed by atoms with van der Waals surface area (Å²) in [6.07, 6.45) is 3.78. The number of hydrogen-bond acceptors (Lipinski definition) is 1. The van der Waals surface area contributed by atoms with Crippen LogP contribution in [0.15, 0.2) is 22.7 Å². The first-order chi connectivity index (χ1) is 9.95. The lowest BCUT2D eigenvalue weighted by molar-refractivity contribution is 0.221. The molecule has 0 amide bonds. The van der Waals surface area contributed by atoms with Crippen molar-refractivity contribution >= 4 is 38.6 Å². The highest BCUT2D eigenvalue weighted by Gasteiger charge is 2.29. The van der Waals surface area contributed by atoms with Crippen LogP contribution in [-0.4, -0.2) is 9.55 Å². The highest BCUT2D eigenvalue weighted by Crippen LogP contribution is 2.40. The predicted molar refractivity (Wildman–Crippen MR) is 92.9 cm³/mol. The van der Waals surface area contributed by atoms with Gasteiger partial charge < -0.3 is 4.57 Å². The van der Waals surface area contributed by atoms with Gasteiger partial charge in [0.05, 0.1) is 16.4 Å². The summed E-state index contributed by atoms with van der Waals surface area (Å²) < 4.78 is 3.48. The third kappa shape index (κ3) is 3.00. The molecule has 0 radical (unpaired) electrons. The number of imidazole rings is 1. The van der Waals surface area contributed by atoms with Gasteiger partial charge in [-0.3, -0.25) is 0 Å². The van der Waals surface area contributed by atoms with Crippen molar-refractivity contribution in [2.24, 2.45) is 11.8 Å². The first kappa shape index (κ1) is 15.4. The number of aromatic nitrogens is 2. The molecule has 1 aliphatic carbocycles. The molecule has 0 N–H and O–H groups in total. The molecule has 0 spiro atoms. The van der Waals surface area contributed by atoms with E-state index in [2.05, 4.69) is 52.5 Å². The van der Waals surface area contributed by atoms with Gasteiger partial charge in [-0.15, -0.1) is 11.6 Å². The summed E-state index contributed by atoms with van der Waals surface area (Å²) in [4.78, 5) is 4.80. The van der Waals surface area contributed by atoms with E-state index in [4.69, 9.17) is 16.6 Å². The monoisotopic (exact) mass is 368 g/mol. The molecule has 4 heteroatoms. The molecule has 0 aliphatic heterocycles. The van der Waals surface area contributed by atoms with Crippen LogP contribution < -0.4 is 0 Å². The Morgan fingerprint density at radius 3 is 2.52 bits per heavy atom. The van der Waals surface area contributed by atoms with Gasteiger partial charge in [0, 0.05) is 10.5 Å². The van der Waals surface area contributed by atoms with E-state index in [0.29, 0.717) is 6.04 Å². The van der Waals surface area contributed by atoms with Crippen LogP contribution in [0.3, 0.4) is 0 Å². The van der Waals surface area contributed by atoms with Crippen LogP contribution in [0.2, 0.25) is 0 Å². The highest BCUT2D eigenvalue weighted by molar-refractivity contribution is 9.10. The second-order valence-corrected chi connectivity index (χ2v) is 8.23. The van der Waals surface area contributed by atoms with E-state index < -0.39 is 0 Å². The number of fused-ring (bicyclic) bond motifs is 1. The summed E-state index contributed by atoms with van der Waals surface area (Å²) in [6, 6.07) is 6.87. The van der Waals surface area contributed by atoms with Gasteiger partial charge in [0.25, 0.3) is 0 Å². The van der Waals surface area contributed by atoms with Crippen molar-refractivity contribution in [2.45, 2.75) is 51.5 Å². The molecule has 1 fully saturated rings.